The molecule has 0 spiro atoms. The van der Waals surface area contributed by atoms with Gasteiger partial charge in [0.15, 0.2) is 0 Å². The van der Waals surface area contributed by atoms with Crippen molar-refractivity contribution >= 4 is 0 Å². The minimum atomic E-state index is -0.736. The minimum Gasteiger partial charge on any atom is -0.472 e. The van der Waals surface area contributed by atoms with Crippen LogP contribution in [0.5, 0.6) is 0 Å². The van der Waals surface area contributed by atoms with Crippen LogP contribution in [-0.2, 0) is 4.74 Å². The second kappa shape index (κ2) is 3.51. The van der Waals surface area contributed by atoms with E-state index in [1.807, 2.05) is 0 Å². The molecule has 0 bridgehead atoms. The summed E-state index contributed by atoms with van der Waals surface area (Å²) in [4.78, 5) is 15.3. The van der Waals surface area contributed by atoms with Gasteiger partial charge >= 0.3 is 5.69 Å². The normalized spacial score (nSPS) is 25.3. The Morgan fingerprint density at radius 3 is 3.00 bits per heavy atom. The van der Waals surface area contributed by atoms with Gasteiger partial charge in [0.2, 0.25) is 6.23 Å². The monoisotopic (exact) mass is 208 g/mol. The van der Waals surface area contributed by atoms with Crippen molar-refractivity contribution in [2.45, 2.75) is 25.7 Å². The van der Waals surface area contributed by atoms with E-state index in [0.29, 0.717) is 17.9 Å². The summed E-state index contributed by atoms with van der Waals surface area (Å²) in [5, 5.41) is 9.63. The highest BCUT2D eigenvalue weighted by atomic mass is 16.5. The zero-order valence-electron chi connectivity index (χ0n) is 8.38. The molecule has 2 unspecified atom stereocenters. The number of aliphatic hydroxyl groups is 1. The number of aliphatic hydroxyl groups excluding tert-OH is 1. The smallest absolute Gasteiger partial charge is 0.350 e. The van der Waals surface area contributed by atoms with Gasteiger partial charge in [-0.1, -0.05) is 6.58 Å². The number of nitrogens with zero attached hydrogens (tertiary/aromatic N) is 2. The number of aryl methyl sites for hydroxylation is 1. The van der Waals surface area contributed by atoms with Gasteiger partial charge in [0.1, 0.15) is 6.10 Å². The van der Waals surface area contributed by atoms with Crippen LogP contribution in [0.15, 0.2) is 29.4 Å². The summed E-state index contributed by atoms with van der Waals surface area (Å²) < 4.78 is 6.53. The lowest BCUT2D eigenvalue weighted by atomic mass is 10.2. The molecule has 1 aliphatic heterocycles. The Morgan fingerprint density at radius 2 is 2.47 bits per heavy atom. The highest BCUT2D eigenvalue weighted by Gasteiger charge is 2.31. The molecule has 80 valence electrons. The molecule has 1 saturated heterocycles. The highest BCUT2D eigenvalue weighted by Crippen LogP contribution is 2.28. The number of ether oxygens (including phenoxy) is 1. The van der Waals surface area contributed by atoms with Crippen LogP contribution in [0, 0.1) is 6.92 Å². The fourth-order valence-electron chi connectivity index (χ4n) is 1.57. The van der Waals surface area contributed by atoms with Crippen molar-refractivity contribution in [2.75, 3.05) is 0 Å². The molecule has 1 aliphatic rings. The summed E-state index contributed by atoms with van der Waals surface area (Å²) >= 11 is 0. The van der Waals surface area contributed by atoms with Gasteiger partial charge < -0.3 is 9.84 Å². The fourth-order valence-corrected chi connectivity index (χ4v) is 1.57. The second-order valence-electron chi connectivity index (χ2n) is 3.58. The number of aromatic nitrogens is 2. The molecule has 1 fully saturated rings. The van der Waals surface area contributed by atoms with Crippen molar-refractivity contribution < 1.29 is 9.84 Å². The molecule has 0 aromatic carbocycles. The Balaban J connectivity index is 2.38. The average Bonchev–Trinajstić information content (AvgIpc) is 2.45. The first-order valence-electron chi connectivity index (χ1n) is 4.66. The van der Waals surface area contributed by atoms with Crippen molar-refractivity contribution in [3.8, 4) is 0 Å². The molecule has 0 saturated carbocycles. The van der Waals surface area contributed by atoms with Crippen LogP contribution in [-0.4, -0.2) is 20.8 Å². The largest absolute Gasteiger partial charge is 0.472 e. The van der Waals surface area contributed by atoms with Gasteiger partial charge in [0.05, 0.1) is 5.76 Å². The summed E-state index contributed by atoms with van der Waals surface area (Å²) in [5.74, 6) is 0.486. The second-order valence-corrected chi connectivity index (χ2v) is 3.58. The summed E-state index contributed by atoms with van der Waals surface area (Å²) in [6, 6.07) is 1.69. The average molecular weight is 208 g/mol. The predicted molar refractivity (Wildman–Crippen MR) is 53.1 cm³/mol. The standard InChI is InChI=1S/C10H12N2O3/c1-6-3-4-12(10(14)11-6)9-8(13)5-7(2)15-9/h3-4,8-9,13H,2,5H2,1H3. The molecule has 15 heavy (non-hydrogen) atoms. The Morgan fingerprint density at radius 1 is 1.73 bits per heavy atom. The third kappa shape index (κ3) is 1.78. The maximum absolute atomic E-state index is 11.5. The maximum atomic E-state index is 11.5. The quantitative estimate of drug-likeness (QED) is 0.723. The summed E-state index contributed by atoms with van der Waals surface area (Å²) in [6.45, 7) is 5.34. The molecule has 2 heterocycles. The Kier molecular flexibility index (Phi) is 2.32. The molecular weight excluding hydrogens is 196 g/mol. The number of rotatable bonds is 1. The van der Waals surface area contributed by atoms with E-state index in [4.69, 9.17) is 4.74 Å². The van der Waals surface area contributed by atoms with E-state index >= 15 is 0 Å². The molecular formula is C10H12N2O3. The fraction of sp³-hybridized carbons (Fsp3) is 0.400. The molecule has 0 aliphatic carbocycles. The Hall–Kier alpha value is -1.62. The van der Waals surface area contributed by atoms with E-state index in [1.165, 1.54) is 4.57 Å². The number of hydrogen-bond donors (Lipinski definition) is 1. The summed E-state index contributed by atoms with van der Waals surface area (Å²) in [6.07, 6.45) is 0.486. The lowest BCUT2D eigenvalue weighted by Gasteiger charge is -2.16. The van der Waals surface area contributed by atoms with Crippen LogP contribution in [0.2, 0.25) is 0 Å². The van der Waals surface area contributed by atoms with Crippen LogP contribution < -0.4 is 5.69 Å². The lowest BCUT2D eigenvalue weighted by molar-refractivity contribution is 0.00554. The Labute approximate surface area is 86.6 Å². The third-order valence-corrected chi connectivity index (χ3v) is 2.30. The van der Waals surface area contributed by atoms with Crippen LogP contribution in [0.25, 0.3) is 0 Å². The van der Waals surface area contributed by atoms with E-state index in [1.54, 1.807) is 19.2 Å². The molecule has 1 aromatic rings. The van der Waals surface area contributed by atoms with Gasteiger partial charge in [0.25, 0.3) is 0 Å². The van der Waals surface area contributed by atoms with E-state index in [-0.39, 0.29) is 0 Å². The van der Waals surface area contributed by atoms with Crippen LogP contribution >= 0.6 is 0 Å². The number of hydrogen-bond acceptors (Lipinski definition) is 4. The minimum absolute atomic E-state index is 0.352. The topological polar surface area (TPSA) is 64.3 Å². The van der Waals surface area contributed by atoms with Gasteiger partial charge in [-0.05, 0) is 13.0 Å². The first-order chi connectivity index (χ1) is 7.08. The van der Waals surface area contributed by atoms with Crippen LogP contribution in [0.3, 0.4) is 0 Å². The van der Waals surface area contributed by atoms with E-state index in [2.05, 4.69) is 11.6 Å². The molecule has 5 nitrogen and oxygen atoms in total. The first kappa shape index (κ1) is 9.92. The van der Waals surface area contributed by atoms with Crippen LogP contribution in [0.4, 0.5) is 0 Å². The molecule has 0 radical (unpaired) electrons. The molecule has 1 aromatic heterocycles. The van der Waals surface area contributed by atoms with Gasteiger partial charge in [0, 0.05) is 18.3 Å². The molecule has 0 amide bonds. The van der Waals surface area contributed by atoms with Crippen molar-refractivity contribution in [3.63, 3.8) is 0 Å². The van der Waals surface area contributed by atoms with Crippen molar-refractivity contribution in [2.24, 2.45) is 0 Å². The third-order valence-electron chi connectivity index (χ3n) is 2.30. The van der Waals surface area contributed by atoms with E-state index < -0.39 is 18.0 Å². The zero-order chi connectivity index (χ0) is 11.0. The summed E-state index contributed by atoms with van der Waals surface area (Å²) in [7, 11) is 0. The van der Waals surface area contributed by atoms with Gasteiger partial charge in [-0.2, -0.15) is 4.98 Å². The molecule has 5 heteroatoms. The van der Waals surface area contributed by atoms with Gasteiger partial charge in [-0.3, -0.25) is 4.57 Å². The maximum Gasteiger partial charge on any atom is 0.350 e. The molecule has 2 rings (SSSR count). The van der Waals surface area contributed by atoms with Gasteiger partial charge in [-0.15, -0.1) is 0 Å². The Bertz CT molecular complexity index is 452. The van der Waals surface area contributed by atoms with Crippen LogP contribution in [0.1, 0.15) is 18.3 Å². The SMILES string of the molecule is C=C1CC(O)C(n2ccc(C)nc2=O)O1. The van der Waals surface area contributed by atoms with E-state index in [9.17, 15) is 9.90 Å². The summed E-state index contributed by atoms with van der Waals surface area (Å²) in [5.41, 5.74) is 0.219. The van der Waals surface area contributed by atoms with Crippen molar-refractivity contribution in [1.29, 1.82) is 0 Å². The van der Waals surface area contributed by atoms with Crippen molar-refractivity contribution in [3.05, 3.63) is 40.8 Å². The van der Waals surface area contributed by atoms with Gasteiger partial charge in [-0.25, -0.2) is 4.79 Å². The molecule has 1 N–H and O–H groups in total. The highest BCUT2D eigenvalue weighted by molar-refractivity contribution is 5.00. The lowest BCUT2D eigenvalue weighted by Crippen LogP contribution is -2.31. The molecule has 2 atom stereocenters. The predicted octanol–water partition coefficient (Wildman–Crippen LogP) is 0.345. The van der Waals surface area contributed by atoms with E-state index in [0.717, 1.165) is 0 Å². The zero-order valence-corrected chi connectivity index (χ0v) is 8.38. The van der Waals surface area contributed by atoms with Crippen molar-refractivity contribution in [1.82, 2.24) is 9.55 Å². The first-order valence-corrected chi connectivity index (χ1v) is 4.66.